The molecule has 2 aliphatic rings. The molecule has 25 heavy (non-hydrogen) atoms. The van der Waals surface area contributed by atoms with Gasteiger partial charge in [0, 0.05) is 5.69 Å². The number of fused-ring (bicyclic) bond motifs is 1. The van der Waals surface area contributed by atoms with Gasteiger partial charge < -0.3 is 5.32 Å². The molecule has 0 aromatic heterocycles. The molecule has 0 radical (unpaired) electrons. The molecule has 0 saturated carbocycles. The van der Waals surface area contributed by atoms with E-state index in [4.69, 9.17) is 0 Å². The number of rotatable bonds is 5. The molecule has 132 valence electrons. The summed E-state index contributed by atoms with van der Waals surface area (Å²) < 4.78 is 0. The van der Waals surface area contributed by atoms with E-state index in [0.29, 0.717) is 24.4 Å². The van der Waals surface area contributed by atoms with Gasteiger partial charge in [-0.05, 0) is 42.9 Å². The van der Waals surface area contributed by atoms with Crippen LogP contribution >= 0.6 is 0 Å². The molecule has 1 fully saturated rings. The molecule has 5 heteroatoms. The molecule has 3 rings (SSSR count). The Morgan fingerprint density at radius 1 is 1.12 bits per heavy atom. The van der Waals surface area contributed by atoms with Crippen LogP contribution in [0.25, 0.3) is 0 Å². The van der Waals surface area contributed by atoms with Crippen molar-refractivity contribution in [2.45, 2.75) is 39.0 Å². The number of benzene rings is 1. The molecular weight excluding hydrogens is 316 g/mol. The maximum Gasteiger partial charge on any atom is 0.244 e. The molecule has 5 nitrogen and oxygen atoms in total. The molecular formula is C20H24N2O3. The van der Waals surface area contributed by atoms with Crippen LogP contribution in [0.15, 0.2) is 36.4 Å². The molecule has 1 aliphatic heterocycles. The van der Waals surface area contributed by atoms with Crippen LogP contribution in [-0.2, 0) is 14.4 Å². The van der Waals surface area contributed by atoms with Crippen LogP contribution in [0.3, 0.4) is 0 Å². The number of imide groups is 1. The topological polar surface area (TPSA) is 66.5 Å². The summed E-state index contributed by atoms with van der Waals surface area (Å²) in [5.74, 6) is -0.894. The van der Waals surface area contributed by atoms with Crippen LogP contribution in [-0.4, -0.2) is 29.2 Å². The number of carbonyl (C=O) groups excluding carboxylic acids is 3. The normalized spacial score (nSPS) is 23.5. The lowest BCUT2D eigenvalue weighted by Gasteiger charge is -2.15. The highest BCUT2D eigenvalue weighted by molar-refractivity contribution is 6.08. The van der Waals surface area contributed by atoms with Crippen molar-refractivity contribution >= 4 is 23.4 Å². The number of hydrogen-bond acceptors (Lipinski definition) is 3. The average molecular weight is 340 g/mol. The van der Waals surface area contributed by atoms with Gasteiger partial charge in [0.2, 0.25) is 17.7 Å². The molecule has 1 saturated heterocycles. The predicted octanol–water partition coefficient (Wildman–Crippen LogP) is 3.09. The molecule has 1 aliphatic carbocycles. The number of nitrogens with zero attached hydrogens (tertiary/aromatic N) is 1. The molecule has 0 bridgehead atoms. The van der Waals surface area contributed by atoms with Gasteiger partial charge in [0.15, 0.2) is 0 Å². The van der Waals surface area contributed by atoms with Crippen LogP contribution < -0.4 is 5.32 Å². The van der Waals surface area contributed by atoms with Crippen molar-refractivity contribution in [2.75, 3.05) is 11.9 Å². The van der Waals surface area contributed by atoms with Crippen LogP contribution in [0.5, 0.6) is 0 Å². The van der Waals surface area contributed by atoms with E-state index in [1.165, 1.54) is 5.56 Å². The molecule has 1 N–H and O–H groups in total. The zero-order valence-electron chi connectivity index (χ0n) is 14.7. The Hall–Kier alpha value is -2.43. The summed E-state index contributed by atoms with van der Waals surface area (Å²) in [6.45, 7) is 4.09. The molecule has 1 aromatic rings. The Kier molecular flexibility index (Phi) is 5.02. The summed E-state index contributed by atoms with van der Waals surface area (Å²) >= 11 is 0. The highest BCUT2D eigenvalue weighted by Gasteiger charge is 2.47. The van der Waals surface area contributed by atoms with Crippen molar-refractivity contribution in [3.05, 3.63) is 42.0 Å². The second-order valence-corrected chi connectivity index (χ2v) is 6.90. The van der Waals surface area contributed by atoms with E-state index >= 15 is 0 Å². The third kappa shape index (κ3) is 3.50. The van der Waals surface area contributed by atoms with Crippen molar-refractivity contribution in [2.24, 2.45) is 11.8 Å². The fourth-order valence-corrected chi connectivity index (χ4v) is 3.50. The average Bonchev–Trinajstić information content (AvgIpc) is 2.87. The number of amides is 3. The number of carbonyl (C=O) groups is 3. The van der Waals surface area contributed by atoms with Crippen LogP contribution in [0.4, 0.5) is 5.69 Å². The molecule has 0 unspecified atom stereocenters. The Balaban J connectivity index is 1.61. The fourth-order valence-electron chi connectivity index (χ4n) is 3.50. The van der Waals surface area contributed by atoms with E-state index in [1.54, 1.807) is 0 Å². The van der Waals surface area contributed by atoms with Gasteiger partial charge in [-0.1, -0.05) is 38.1 Å². The monoisotopic (exact) mass is 340 g/mol. The molecule has 0 spiro atoms. The summed E-state index contributed by atoms with van der Waals surface area (Å²) in [5, 5.41) is 2.77. The largest absolute Gasteiger partial charge is 0.325 e. The first kappa shape index (κ1) is 17.4. The maximum atomic E-state index is 12.4. The lowest BCUT2D eigenvalue weighted by Crippen LogP contribution is -2.38. The molecule has 1 heterocycles. The SMILES string of the molecule is CC[C@H](C)c1ccc(NC(=O)CN2C(=O)[C@H]3CC=CC[C@H]3C2=O)cc1. The first-order valence-corrected chi connectivity index (χ1v) is 8.91. The minimum atomic E-state index is -0.343. The van der Waals surface area contributed by atoms with Crippen LogP contribution in [0.2, 0.25) is 0 Å². The lowest BCUT2D eigenvalue weighted by molar-refractivity contribution is -0.142. The van der Waals surface area contributed by atoms with Crippen molar-refractivity contribution in [1.29, 1.82) is 0 Å². The number of anilines is 1. The molecule has 3 amide bonds. The Morgan fingerprint density at radius 2 is 1.68 bits per heavy atom. The van der Waals surface area contributed by atoms with E-state index in [1.807, 2.05) is 36.4 Å². The number of allylic oxidation sites excluding steroid dienone is 2. The minimum absolute atomic E-state index is 0.211. The van der Waals surface area contributed by atoms with Gasteiger partial charge in [0.1, 0.15) is 6.54 Å². The van der Waals surface area contributed by atoms with E-state index in [9.17, 15) is 14.4 Å². The molecule has 3 atom stereocenters. The summed E-state index contributed by atoms with van der Waals surface area (Å²) in [7, 11) is 0. The van der Waals surface area contributed by atoms with Crippen LogP contribution in [0, 0.1) is 11.8 Å². The highest BCUT2D eigenvalue weighted by Crippen LogP contribution is 2.34. The van der Waals surface area contributed by atoms with E-state index in [-0.39, 0.29) is 36.1 Å². The highest BCUT2D eigenvalue weighted by atomic mass is 16.2. The summed E-state index contributed by atoms with van der Waals surface area (Å²) in [6.07, 6.45) is 6.11. The number of hydrogen-bond donors (Lipinski definition) is 1. The minimum Gasteiger partial charge on any atom is -0.325 e. The van der Waals surface area contributed by atoms with Gasteiger partial charge in [0.05, 0.1) is 11.8 Å². The van der Waals surface area contributed by atoms with Crippen molar-refractivity contribution < 1.29 is 14.4 Å². The summed E-state index contributed by atoms with van der Waals surface area (Å²) in [4.78, 5) is 38.1. The smallest absolute Gasteiger partial charge is 0.244 e. The molecule has 1 aromatic carbocycles. The van der Waals surface area contributed by atoms with Gasteiger partial charge in [0.25, 0.3) is 0 Å². The third-order valence-electron chi connectivity index (χ3n) is 5.28. The van der Waals surface area contributed by atoms with Crippen molar-refractivity contribution in [3.63, 3.8) is 0 Å². The number of nitrogens with one attached hydrogen (secondary N) is 1. The van der Waals surface area contributed by atoms with Crippen molar-refractivity contribution in [3.8, 4) is 0 Å². The quantitative estimate of drug-likeness (QED) is 0.662. The standard InChI is InChI=1S/C20H24N2O3/c1-3-13(2)14-8-10-15(11-9-14)21-18(23)12-22-19(24)16-6-4-5-7-17(16)20(22)25/h4-5,8-11,13,16-17H,3,6-7,12H2,1-2H3,(H,21,23)/t13-,16-,17+/m0/s1. The number of likely N-dealkylation sites (tertiary alicyclic amines) is 1. The van der Waals surface area contributed by atoms with E-state index in [2.05, 4.69) is 19.2 Å². The summed E-state index contributed by atoms with van der Waals surface area (Å²) in [5.41, 5.74) is 1.90. The Morgan fingerprint density at radius 3 is 2.20 bits per heavy atom. The first-order valence-electron chi connectivity index (χ1n) is 8.91. The fraction of sp³-hybridized carbons (Fsp3) is 0.450. The van der Waals surface area contributed by atoms with Gasteiger partial charge in [-0.15, -0.1) is 0 Å². The van der Waals surface area contributed by atoms with Gasteiger partial charge in [-0.25, -0.2) is 0 Å². The zero-order valence-corrected chi connectivity index (χ0v) is 14.7. The van der Waals surface area contributed by atoms with Crippen molar-refractivity contribution in [1.82, 2.24) is 4.90 Å². The summed E-state index contributed by atoms with van der Waals surface area (Å²) in [6, 6.07) is 7.71. The predicted molar refractivity (Wildman–Crippen MR) is 95.9 cm³/mol. The Labute approximate surface area is 148 Å². The third-order valence-corrected chi connectivity index (χ3v) is 5.28. The van der Waals surface area contributed by atoms with Gasteiger partial charge >= 0.3 is 0 Å². The van der Waals surface area contributed by atoms with E-state index < -0.39 is 0 Å². The Bertz CT molecular complexity index is 682. The second kappa shape index (κ2) is 7.21. The van der Waals surface area contributed by atoms with E-state index in [0.717, 1.165) is 11.3 Å². The second-order valence-electron chi connectivity index (χ2n) is 6.90. The lowest BCUT2D eigenvalue weighted by atomic mass is 9.85. The van der Waals surface area contributed by atoms with Gasteiger partial charge in [-0.2, -0.15) is 0 Å². The first-order chi connectivity index (χ1) is 12.0. The van der Waals surface area contributed by atoms with Gasteiger partial charge in [-0.3, -0.25) is 19.3 Å². The maximum absolute atomic E-state index is 12.4. The zero-order chi connectivity index (χ0) is 18.0. The van der Waals surface area contributed by atoms with Crippen LogP contribution in [0.1, 0.15) is 44.6 Å².